The highest BCUT2D eigenvalue weighted by Gasteiger charge is 2.24. The van der Waals surface area contributed by atoms with Gasteiger partial charge in [0, 0.05) is 12.2 Å². The molecule has 0 saturated carbocycles. The highest BCUT2D eigenvalue weighted by Crippen LogP contribution is 2.24. The first-order chi connectivity index (χ1) is 9.11. The van der Waals surface area contributed by atoms with Gasteiger partial charge in [-0.15, -0.1) is 0 Å². The zero-order valence-electron chi connectivity index (χ0n) is 11.1. The lowest BCUT2D eigenvalue weighted by Crippen LogP contribution is -2.32. The molecule has 0 atom stereocenters. The van der Waals surface area contributed by atoms with Crippen LogP contribution in [-0.2, 0) is 9.84 Å². The van der Waals surface area contributed by atoms with Crippen molar-refractivity contribution in [1.82, 2.24) is 4.98 Å². The first-order valence-corrected chi connectivity index (χ1v) is 8.47. The molecular weight excluding hydrogens is 264 g/mol. The number of hydrogen-bond donors (Lipinski definition) is 1. The lowest BCUT2D eigenvalue weighted by atomic mass is 10.1. The topological polar surface area (TPSA) is 68.3 Å². The van der Waals surface area contributed by atoms with Crippen molar-refractivity contribution < 1.29 is 13.2 Å². The van der Waals surface area contributed by atoms with Gasteiger partial charge in [0.2, 0.25) is 0 Å². The van der Waals surface area contributed by atoms with E-state index in [-0.39, 0.29) is 17.5 Å². The number of aromatic nitrogens is 1. The van der Waals surface area contributed by atoms with Crippen LogP contribution in [0.15, 0.2) is 18.3 Å². The number of hydrogen-bond acceptors (Lipinski definition) is 5. The minimum atomic E-state index is -2.82. The predicted octanol–water partition coefficient (Wildman–Crippen LogP) is 1.86. The summed E-state index contributed by atoms with van der Waals surface area (Å²) in [6.07, 6.45) is 3.91. The average molecular weight is 284 g/mol. The molecule has 0 radical (unpaired) electrons. The molecule has 5 nitrogen and oxygen atoms in total. The fraction of sp³-hybridized carbons (Fsp3) is 0.615. The van der Waals surface area contributed by atoms with Crippen LogP contribution < -0.4 is 10.1 Å². The molecule has 1 aromatic rings. The van der Waals surface area contributed by atoms with E-state index in [9.17, 15) is 8.42 Å². The summed E-state index contributed by atoms with van der Waals surface area (Å²) in [7, 11) is -2.82. The van der Waals surface area contributed by atoms with Crippen molar-refractivity contribution in [2.24, 2.45) is 0 Å². The maximum Gasteiger partial charge on any atom is 0.168 e. The summed E-state index contributed by atoms with van der Waals surface area (Å²) in [5.74, 6) is 1.95. The molecular formula is C13H20N2O3S. The molecule has 0 bridgehead atoms. The summed E-state index contributed by atoms with van der Waals surface area (Å²) in [5.41, 5.74) is 0. The van der Waals surface area contributed by atoms with Crippen molar-refractivity contribution in [3.05, 3.63) is 18.3 Å². The van der Waals surface area contributed by atoms with E-state index in [0.29, 0.717) is 25.3 Å². The number of nitrogens with zero attached hydrogens (tertiary/aromatic N) is 1. The Kier molecular flexibility index (Phi) is 4.63. The molecule has 1 N–H and O–H groups in total. The van der Waals surface area contributed by atoms with Crippen molar-refractivity contribution in [2.75, 3.05) is 23.4 Å². The van der Waals surface area contributed by atoms with Gasteiger partial charge in [-0.05, 0) is 31.4 Å². The van der Waals surface area contributed by atoms with E-state index in [2.05, 4.69) is 17.2 Å². The molecule has 1 saturated heterocycles. The standard InChI is InChI=1S/C13H20N2O3S/c1-2-8-18-12-4-3-7-14-13(12)15-11-5-9-19(16,17)10-6-11/h3-4,7,11H,2,5-6,8-10H2,1H3,(H,14,15). The van der Waals surface area contributed by atoms with Gasteiger partial charge < -0.3 is 10.1 Å². The van der Waals surface area contributed by atoms with Crippen molar-refractivity contribution in [3.8, 4) is 5.75 Å². The maximum atomic E-state index is 11.4. The molecule has 1 aliphatic heterocycles. The van der Waals surface area contributed by atoms with Gasteiger partial charge in [-0.25, -0.2) is 13.4 Å². The van der Waals surface area contributed by atoms with Crippen LogP contribution in [0.4, 0.5) is 5.82 Å². The molecule has 0 aliphatic carbocycles. The maximum absolute atomic E-state index is 11.4. The fourth-order valence-corrected chi connectivity index (χ4v) is 3.55. The van der Waals surface area contributed by atoms with Crippen LogP contribution in [0.1, 0.15) is 26.2 Å². The quantitative estimate of drug-likeness (QED) is 0.894. The Hall–Kier alpha value is -1.30. The molecule has 0 aromatic carbocycles. The molecule has 1 aromatic heterocycles. The number of rotatable bonds is 5. The van der Waals surface area contributed by atoms with E-state index in [0.717, 1.165) is 12.2 Å². The minimum Gasteiger partial charge on any atom is -0.490 e. The highest BCUT2D eigenvalue weighted by molar-refractivity contribution is 7.91. The third kappa shape index (κ3) is 4.09. The average Bonchev–Trinajstić information content (AvgIpc) is 2.40. The van der Waals surface area contributed by atoms with Gasteiger partial charge in [-0.2, -0.15) is 0 Å². The van der Waals surface area contributed by atoms with Crippen LogP contribution in [0.25, 0.3) is 0 Å². The monoisotopic (exact) mass is 284 g/mol. The van der Waals surface area contributed by atoms with E-state index in [4.69, 9.17) is 4.74 Å². The summed E-state index contributed by atoms with van der Waals surface area (Å²) in [6.45, 7) is 2.70. The summed E-state index contributed by atoms with van der Waals surface area (Å²) in [6, 6.07) is 3.87. The van der Waals surface area contributed by atoms with Crippen molar-refractivity contribution in [3.63, 3.8) is 0 Å². The van der Waals surface area contributed by atoms with Gasteiger partial charge >= 0.3 is 0 Å². The Morgan fingerprint density at radius 1 is 1.42 bits per heavy atom. The van der Waals surface area contributed by atoms with Gasteiger partial charge in [0.25, 0.3) is 0 Å². The molecule has 0 amide bonds. The molecule has 0 spiro atoms. The van der Waals surface area contributed by atoms with Crippen LogP contribution in [-0.4, -0.2) is 37.6 Å². The largest absolute Gasteiger partial charge is 0.490 e. The molecule has 1 fully saturated rings. The number of sulfone groups is 1. The fourth-order valence-electron chi connectivity index (χ4n) is 2.06. The predicted molar refractivity (Wildman–Crippen MR) is 75.3 cm³/mol. The summed E-state index contributed by atoms with van der Waals surface area (Å²) in [5, 5.41) is 3.30. The van der Waals surface area contributed by atoms with E-state index in [1.807, 2.05) is 12.1 Å². The first-order valence-electron chi connectivity index (χ1n) is 6.65. The number of ether oxygens (including phenoxy) is 1. The molecule has 1 aliphatic rings. The Morgan fingerprint density at radius 2 is 2.16 bits per heavy atom. The smallest absolute Gasteiger partial charge is 0.168 e. The molecule has 106 valence electrons. The normalized spacial score (nSPS) is 19.0. The van der Waals surface area contributed by atoms with Gasteiger partial charge in [0.1, 0.15) is 9.84 Å². The van der Waals surface area contributed by atoms with E-state index in [1.165, 1.54) is 0 Å². The molecule has 19 heavy (non-hydrogen) atoms. The van der Waals surface area contributed by atoms with Crippen LogP contribution in [0.5, 0.6) is 5.75 Å². The third-order valence-electron chi connectivity index (χ3n) is 3.13. The number of anilines is 1. The first kappa shape index (κ1) is 14.1. The second kappa shape index (κ2) is 6.23. The van der Waals surface area contributed by atoms with Crippen LogP contribution in [0.3, 0.4) is 0 Å². The Balaban J connectivity index is 1.99. The number of pyridine rings is 1. The summed E-state index contributed by atoms with van der Waals surface area (Å²) < 4.78 is 28.4. The van der Waals surface area contributed by atoms with Crippen molar-refractivity contribution in [2.45, 2.75) is 32.2 Å². The lowest BCUT2D eigenvalue weighted by Gasteiger charge is -2.24. The zero-order valence-corrected chi connectivity index (χ0v) is 11.9. The van der Waals surface area contributed by atoms with Gasteiger partial charge in [0.15, 0.2) is 11.6 Å². The van der Waals surface area contributed by atoms with Crippen molar-refractivity contribution >= 4 is 15.7 Å². The SMILES string of the molecule is CCCOc1cccnc1NC1CCS(=O)(=O)CC1. The second-order valence-electron chi connectivity index (χ2n) is 4.77. The van der Waals surface area contributed by atoms with Crippen molar-refractivity contribution in [1.29, 1.82) is 0 Å². The molecule has 0 unspecified atom stereocenters. The zero-order chi connectivity index (χ0) is 13.7. The highest BCUT2D eigenvalue weighted by atomic mass is 32.2. The van der Waals surface area contributed by atoms with Gasteiger partial charge in [-0.1, -0.05) is 6.92 Å². The van der Waals surface area contributed by atoms with Crippen LogP contribution >= 0.6 is 0 Å². The van der Waals surface area contributed by atoms with Gasteiger partial charge in [-0.3, -0.25) is 0 Å². The Bertz CT molecular complexity index is 502. The van der Waals surface area contributed by atoms with E-state index in [1.54, 1.807) is 6.20 Å². The van der Waals surface area contributed by atoms with Crippen LogP contribution in [0.2, 0.25) is 0 Å². The summed E-state index contributed by atoms with van der Waals surface area (Å²) >= 11 is 0. The Labute approximate surface area is 114 Å². The summed E-state index contributed by atoms with van der Waals surface area (Å²) in [4.78, 5) is 4.28. The lowest BCUT2D eigenvalue weighted by molar-refractivity contribution is 0.317. The van der Waals surface area contributed by atoms with E-state index < -0.39 is 9.84 Å². The Morgan fingerprint density at radius 3 is 2.84 bits per heavy atom. The van der Waals surface area contributed by atoms with Crippen LogP contribution in [0, 0.1) is 0 Å². The third-order valence-corrected chi connectivity index (χ3v) is 4.84. The molecule has 2 heterocycles. The van der Waals surface area contributed by atoms with Gasteiger partial charge in [0.05, 0.1) is 18.1 Å². The number of nitrogens with one attached hydrogen (secondary N) is 1. The second-order valence-corrected chi connectivity index (χ2v) is 7.07. The molecule has 6 heteroatoms. The van der Waals surface area contributed by atoms with E-state index >= 15 is 0 Å². The minimum absolute atomic E-state index is 0.155. The molecule has 2 rings (SSSR count).